The van der Waals surface area contributed by atoms with Gasteiger partial charge in [-0.15, -0.1) is 0 Å². The molecular weight excluding hydrogens is 384 g/mol. The smallest absolute Gasteiger partial charge is 0.220 e. The fourth-order valence-electron chi connectivity index (χ4n) is 4.12. The van der Waals surface area contributed by atoms with Gasteiger partial charge in [-0.1, -0.05) is 38.7 Å². The summed E-state index contributed by atoms with van der Waals surface area (Å²) in [7, 11) is 0. The van der Waals surface area contributed by atoms with Crippen LogP contribution < -0.4 is 14.8 Å². The third kappa shape index (κ3) is 6.59. The Bertz CT molecular complexity index is 684. The van der Waals surface area contributed by atoms with Gasteiger partial charge in [0.25, 0.3) is 0 Å². The van der Waals surface area contributed by atoms with Gasteiger partial charge in [0.2, 0.25) is 5.91 Å². The van der Waals surface area contributed by atoms with E-state index in [1.54, 1.807) is 12.1 Å². The van der Waals surface area contributed by atoms with Crippen molar-refractivity contribution in [1.29, 1.82) is 0 Å². The number of fused-ring (bicyclic) bond motifs is 1. The van der Waals surface area contributed by atoms with E-state index in [0.717, 1.165) is 32.2 Å². The monoisotopic (exact) mass is 420 g/mol. The first kappa shape index (κ1) is 22.8. The molecule has 1 fully saturated rings. The van der Waals surface area contributed by atoms with E-state index >= 15 is 0 Å². The number of hydrogen-bond donors (Lipinski definition) is 3. The second kappa shape index (κ2) is 11.5. The van der Waals surface area contributed by atoms with Gasteiger partial charge < -0.3 is 25.0 Å². The van der Waals surface area contributed by atoms with Gasteiger partial charge >= 0.3 is 0 Å². The summed E-state index contributed by atoms with van der Waals surface area (Å²) in [6.07, 6.45) is 5.42. The van der Waals surface area contributed by atoms with Gasteiger partial charge in [0.05, 0.1) is 12.1 Å². The average Bonchev–Trinajstić information content (AvgIpc) is 3.17. The van der Waals surface area contributed by atoms with Crippen molar-refractivity contribution >= 4 is 5.91 Å². The summed E-state index contributed by atoms with van der Waals surface area (Å²) >= 11 is 0. The summed E-state index contributed by atoms with van der Waals surface area (Å²) in [6, 6.07) is 4.96. The predicted molar refractivity (Wildman–Crippen MR) is 115 cm³/mol. The summed E-state index contributed by atoms with van der Waals surface area (Å²) in [4.78, 5) is 14.7. The maximum Gasteiger partial charge on any atom is 0.220 e. The number of β-amino-alcohol motifs (C(OH)–C–C–N with tert-alkyl or cyclic N) is 1. The highest BCUT2D eigenvalue weighted by Crippen LogP contribution is 2.33. The second-order valence-corrected chi connectivity index (χ2v) is 8.39. The topological polar surface area (TPSA) is 91.3 Å². The van der Waals surface area contributed by atoms with Gasteiger partial charge in [-0.05, 0) is 30.5 Å². The van der Waals surface area contributed by atoms with E-state index in [-0.39, 0.29) is 12.0 Å². The van der Waals surface area contributed by atoms with Crippen LogP contribution >= 0.6 is 0 Å². The molecule has 0 unspecified atom stereocenters. The van der Waals surface area contributed by atoms with E-state index in [0.29, 0.717) is 49.8 Å². The number of aliphatic hydroxyl groups is 2. The summed E-state index contributed by atoms with van der Waals surface area (Å²) < 4.78 is 11.2. The first-order valence-electron chi connectivity index (χ1n) is 11.3. The lowest BCUT2D eigenvalue weighted by Crippen LogP contribution is -2.47. The van der Waals surface area contributed by atoms with E-state index in [4.69, 9.17) is 9.47 Å². The molecule has 0 spiro atoms. The van der Waals surface area contributed by atoms with Gasteiger partial charge in [0, 0.05) is 26.1 Å². The molecule has 1 saturated heterocycles. The van der Waals surface area contributed by atoms with Crippen LogP contribution in [0.1, 0.15) is 63.5 Å². The number of amides is 1. The van der Waals surface area contributed by atoms with Gasteiger partial charge in [-0.2, -0.15) is 0 Å². The zero-order valence-electron chi connectivity index (χ0n) is 18.0. The number of benzene rings is 1. The molecule has 3 N–H and O–H groups in total. The molecule has 0 aromatic heterocycles. The van der Waals surface area contributed by atoms with Crippen LogP contribution in [0.4, 0.5) is 0 Å². The number of rotatable bonds is 11. The Morgan fingerprint density at radius 3 is 2.70 bits per heavy atom. The van der Waals surface area contributed by atoms with E-state index in [1.165, 1.54) is 12.8 Å². The van der Waals surface area contributed by atoms with Crippen LogP contribution in [0.5, 0.6) is 11.5 Å². The fraction of sp³-hybridized carbons (Fsp3) is 0.696. The first-order chi connectivity index (χ1) is 14.6. The van der Waals surface area contributed by atoms with Crippen molar-refractivity contribution in [3.8, 4) is 11.5 Å². The number of nitrogens with one attached hydrogen (secondary N) is 1. The first-order valence-corrected chi connectivity index (χ1v) is 11.3. The Morgan fingerprint density at radius 1 is 1.20 bits per heavy atom. The van der Waals surface area contributed by atoms with Gasteiger partial charge in [-0.25, -0.2) is 0 Å². The van der Waals surface area contributed by atoms with Crippen molar-refractivity contribution < 1.29 is 24.5 Å². The van der Waals surface area contributed by atoms with Gasteiger partial charge in [0.15, 0.2) is 11.5 Å². The zero-order chi connectivity index (χ0) is 21.3. The van der Waals surface area contributed by atoms with Crippen molar-refractivity contribution in [3.63, 3.8) is 0 Å². The van der Waals surface area contributed by atoms with Crippen molar-refractivity contribution in [1.82, 2.24) is 10.2 Å². The molecule has 3 rings (SSSR count). The molecule has 3 atom stereocenters. The normalized spacial score (nSPS) is 20.7. The minimum absolute atomic E-state index is 0.0344. The maximum absolute atomic E-state index is 12.6. The van der Waals surface area contributed by atoms with Crippen LogP contribution in [0.3, 0.4) is 0 Å². The molecule has 1 aromatic rings. The standard InChI is InChI=1S/C23H36N2O5/c1-2-3-4-5-6-7-22(27)24-19(16-25-11-10-18(26)15-25)23(28)17-8-9-20-21(14-17)30-13-12-29-20/h8-9,14,18-19,23,26,28H,2-7,10-13,15-16H2,1H3,(H,24,27)/t18-,19+,23-/m0/s1. The summed E-state index contributed by atoms with van der Waals surface area (Å²) in [5, 5.41) is 24.0. The zero-order valence-corrected chi connectivity index (χ0v) is 18.0. The Morgan fingerprint density at radius 2 is 1.97 bits per heavy atom. The number of ether oxygens (including phenoxy) is 2. The maximum atomic E-state index is 12.6. The van der Waals surface area contributed by atoms with Crippen molar-refractivity contribution in [2.45, 2.75) is 70.1 Å². The van der Waals surface area contributed by atoms with Crippen molar-refractivity contribution in [2.24, 2.45) is 0 Å². The Kier molecular flexibility index (Phi) is 8.78. The Hall–Kier alpha value is -1.83. The number of nitrogens with zero attached hydrogens (tertiary/aromatic N) is 1. The molecule has 7 heteroatoms. The quantitative estimate of drug-likeness (QED) is 0.476. The summed E-state index contributed by atoms with van der Waals surface area (Å²) in [5.41, 5.74) is 0.687. The lowest BCUT2D eigenvalue weighted by molar-refractivity contribution is -0.123. The number of carbonyl (C=O) groups is 1. The summed E-state index contributed by atoms with van der Waals surface area (Å²) in [6.45, 7) is 5.00. The van der Waals surface area contributed by atoms with Crippen LogP contribution in [-0.2, 0) is 4.79 Å². The summed E-state index contributed by atoms with van der Waals surface area (Å²) in [5.74, 6) is 1.26. The SMILES string of the molecule is CCCCCCCC(=O)N[C@H](CN1CC[C@H](O)C1)[C@@H](O)c1ccc2c(c1)OCCO2. The largest absolute Gasteiger partial charge is 0.486 e. The number of carbonyl (C=O) groups excluding carboxylic acids is 1. The molecule has 168 valence electrons. The van der Waals surface area contributed by atoms with Gasteiger partial charge in [-0.3, -0.25) is 9.69 Å². The minimum Gasteiger partial charge on any atom is -0.486 e. The molecule has 2 aliphatic heterocycles. The number of hydrogen-bond acceptors (Lipinski definition) is 6. The van der Waals surface area contributed by atoms with E-state index in [2.05, 4.69) is 17.1 Å². The molecule has 0 bridgehead atoms. The highest BCUT2D eigenvalue weighted by atomic mass is 16.6. The van der Waals surface area contributed by atoms with Crippen LogP contribution in [0.15, 0.2) is 18.2 Å². The second-order valence-electron chi connectivity index (χ2n) is 8.39. The Balaban J connectivity index is 1.63. The molecule has 0 saturated carbocycles. The lowest BCUT2D eigenvalue weighted by atomic mass is 10.0. The molecule has 1 amide bonds. The van der Waals surface area contributed by atoms with Crippen molar-refractivity contribution in [3.05, 3.63) is 23.8 Å². The third-order valence-electron chi connectivity index (χ3n) is 5.85. The van der Waals surface area contributed by atoms with Crippen LogP contribution in [-0.4, -0.2) is 66.0 Å². The minimum atomic E-state index is -0.873. The number of aliphatic hydroxyl groups excluding tert-OH is 2. The Labute approximate surface area is 179 Å². The van der Waals surface area contributed by atoms with Crippen LogP contribution in [0, 0.1) is 0 Å². The number of unbranched alkanes of at least 4 members (excludes halogenated alkanes) is 4. The molecule has 0 radical (unpaired) electrons. The molecular formula is C23H36N2O5. The molecule has 7 nitrogen and oxygen atoms in total. The molecule has 2 aliphatic rings. The highest BCUT2D eigenvalue weighted by molar-refractivity contribution is 5.76. The third-order valence-corrected chi connectivity index (χ3v) is 5.85. The van der Waals surface area contributed by atoms with Gasteiger partial charge in [0.1, 0.15) is 19.3 Å². The molecule has 2 heterocycles. The van der Waals surface area contributed by atoms with E-state index < -0.39 is 12.1 Å². The van der Waals surface area contributed by atoms with E-state index in [1.807, 2.05) is 6.07 Å². The molecule has 1 aromatic carbocycles. The molecule has 30 heavy (non-hydrogen) atoms. The van der Waals surface area contributed by atoms with Crippen LogP contribution in [0.25, 0.3) is 0 Å². The predicted octanol–water partition coefficient (Wildman–Crippen LogP) is 2.40. The highest BCUT2D eigenvalue weighted by Gasteiger charge is 2.29. The van der Waals surface area contributed by atoms with Crippen LogP contribution in [0.2, 0.25) is 0 Å². The lowest BCUT2D eigenvalue weighted by Gasteiger charge is -2.29. The van der Waals surface area contributed by atoms with Crippen molar-refractivity contribution in [2.75, 3.05) is 32.8 Å². The van der Waals surface area contributed by atoms with E-state index in [9.17, 15) is 15.0 Å². The molecule has 0 aliphatic carbocycles. The average molecular weight is 421 g/mol. The fourth-order valence-corrected chi connectivity index (χ4v) is 4.12. The number of likely N-dealkylation sites (tertiary alicyclic amines) is 1.